The number of hydrogen-bond donors (Lipinski definition) is 1. The number of nitrogens with one attached hydrogen (secondary N) is 1. The average Bonchev–Trinajstić information content (AvgIpc) is 2.46. The fourth-order valence-corrected chi connectivity index (χ4v) is 2.67. The number of H-pyrrole nitrogens is 1. The Hall–Kier alpha value is -2.35. The summed E-state index contributed by atoms with van der Waals surface area (Å²) in [6, 6.07) is 17.6. The molecule has 1 aromatic heterocycles. The van der Waals surface area contributed by atoms with Crippen LogP contribution in [0.3, 0.4) is 0 Å². The van der Waals surface area contributed by atoms with Crippen molar-refractivity contribution in [2.75, 3.05) is 0 Å². The van der Waals surface area contributed by atoms with E-state index in [4.69, 9.17) is 0 Å². The fraction of sp³-hybridized carbons (Fsp3) is 0.211. The maximum absolute atomic E-state index is 12.4. The summed E-state index contributed by atoms with van der Waals surface area (Å²) in [5, 5.41) is 0.752. The van der Waals surface area contributed by atoms with Crippen LogP contribution in [0.2, 0.25) is 0 Å². The van der Waals surface area contributed by atoms with E-state index in [0.717, 1.165) is 27.7 Å². The van der Waals surface area contributed by atoms with Crippen molar-refractivity contribution in [3.63, 3.8) is 0 Å². The molecule has 2 aromatic carbocycles. The Labute approximate surface area is 124 Å². The lowest BCUT2D eigenvalue weighted by Crippen LogP contribution is -2.14. The van der Waals surface area contributed by atoms with Gasteiger partial charge in [-0.3, -0.25) is 4.79 Å². The molecule has 1 heterocycles. The van der Waals surface area contributed by atoms with E-state index in [-0.39, 0.29) is 10.8 Å². The number of fused-ring (bicyclic) bond motifs is 1. The van der Waals surface area contributed by atoms with Gasteiger partial charge in [-0.15, -0.1) is 0 Å². The molecule has 0 fully saturated rings. The summed E-state index contributed by atoms with van der Waals surface area (Å²) in [7, 11) is 0. The van der Waals surface area contributed by atoms with E-state index < -0.39 is 0 Å². The molecular formula is C19H19NO. The molecule has 0 aliphatic rings. The molecule has 2 nitrogen and oxygen atoms in total. The molecule has 3 rings (SSSR count). The van der Waals surface area contributed by atoms with E-state index in [9.17, 15) is 4.79 Å². The van der Waals surface area contributed by atoms with E-state index in [0.29, 0.717) is 0 Å². The molecule has 106 valence electrons. The van der Waals surface area contributed by atoms with Gasteiger partial charge in [0.2, 0.25) is 0 Å². The summed E-state index contributed by atoms with van der Waals surface area (Å²) in [5.74, 6) is 0. The number of rotatable bonds is 1. The highest BCUT2D eigenvalue weighted by molar-refractivity contribution is 5.85. The van der Waals surface area contributed by atoms with Crippen molar-refractivity contribution in [1.82, 2.24) is 4.98 Å². The number of pyridine rings is 1. The molecule has 0 unspecified atom stereocenters. The van der Waals surface area contributed by atoms with Crippen molar-refractivity contribution < 1.29 is 0 Å². The molecule has 0 radical (unpaired) electrons. The molecule has 2 heteroatoms. The summed E-state index contributed by atoms with van der Waals surface area (Å²) >= 11 is 0. The fourth-order valence-electron chi connectivity index (χ4n) is 2.67. The summed E-state index contributed by atoms with van der Waals surface area (Å²) in [4.78, 5) is 15.9. The number of para-hydroxylation sites is 1. The van der Waals surface area contributed by atoms with Crippen LogP contribution in [0.4, 0.5) is 0 Å². The van der Waals surface area contributed by atoms with Gasteiger partial charge in [-0.1, -0.05) is 63.2 Å². The lowest BCUT2D eigenvalue weighted by molar-refractivity contribution is 0.594. The molecule has 21 heavy (non-hydrogen) atoms. The Kier molecular flexibility index (Phi) is 3.17. The molecule has 0 saturated carbocycles. The van der Waals surface area contributed by atoms with Gasteiger partial charge in [0.05, 0.1) is 5.52 Å². The predicted octanol–water partition coefficient (Wildman–Crippen LogP) is 4.49. The number of hydrogen-bond acceptors (Lipinski definition) is 1. The summed E-state index contributed by atoms with van der Waals surface area (Å²) < 4.78 is 0. The predicted molar refractivity (Wildman–Crippen MR) is 88.7 cm³/mol. The standard InChI is InChI=1S/C19H19NO/c1-19(2,3)15-11-7-10-14-17(21)12-16(20-18(14)15)13-8-5-4-6-9-13/h4-12H,1-3H3,(H,20,21). The molecule has 0 amide bonds. The minimum atomic E-state index is -0.0161. The summed E-state index contributed by atoms with van der Waals surface area (Å²) in [6.45, 7) is 6.49. The second-order valence-electron chi connectivity index (χ2n) is 6.39. The van der Waals surface area contributed by atoms with Gasteiger partial charge in [0, 0.05) is 17.1 Å². The lowest BCUT2D eigenvalue weighted by atomic mass is 9.85. The molecule has 0 spiro atoms. The normalized spacial score (nSPS) is 11.8. The van der Waals surface area contributed by atoms with E-state index in [1.807, 2.05) is 42.5 Å². The Morgan fingerprint density at radius 2 is 1.62 bits per heavy atom. The Morgan fingerprint density at radius 3 is 2.29 bits per heavy atom. The van der Waals surface area contributed by atoms with Gasteiger partial charge in [-0.05, 0) is 22.6 Å². The zero-order valence-corrected chi connectivity index (χ0v) is 12.6. The van der Waals surface area contributed by atoms with Crippen LogP contribution in [0, 0.1) is 0 Å². The van der Waals surface area contributed by atoms with Gasteiger partial charge in [0.15, 0.2) is 5.43 Å². The third kappa shape index (κ3) is 2.49. The molecule has 0 aliphatic heterocycles. The topological polar surface area (TPSA) is 32.9 Å². The van der Waals surface area contributed by atoms with Crippen LogP contribution in [0.25, 0.3) is 22.2 Å². The SMILES string of the molecule is CC(C)(C)c1cccc2c(=O)cc(-c3ccccc3)[nH]c12. The molecule has 0 atom stereocenters. The molecular weight excluding hydrogens is 258 g/mol. The van der Waals surface area contributed by atoms with Gasteiger partial charge in [0.1, 0.15) is 0 Å². The van der Waals surface area contributed by atoms with Crippen molar-refractivity contribution in [3.05, 3.63) is 70.4 Å². The van der Waals surface area contributed by atoms with Crippen LogP contribution in [-0.4, -0.2) is 4.98 Å². The van der Waals surface area contributed by atoms with Gasteiger partial charge in [-0.2, -0.15) is 0 Å². The van der Waals surface area contributed by atoms with Gasteiger partial charge >= 0.3 is 0 Å². The maximum Gasteiger partial charge on any atom is 0.190 e. The van der Waals surface area contributed by atoms with E-state index in [1.54, 1.807) is 6.07 Å². The van der Waals surface area contributed by atoms with Crippen LogP contribution in [0.15, 0.2) is 59.4 Å². The first-order chi connectivity index (χ1) is 9.97. The van der Waals surface area contributed by atoms with Crippen molar-refractivity contribution in [2.24, 2.45) is 0 Å². The third-order valence-corrected chi connectivity index (χ3v) is 3.76. The molecule has 1 N–H and O–H groups in total. The van der Waals surface area contributed by atoms with E-state index in [1.165, 1.54) is 0 Å². The maximum atomic E-state index is 12.4. The molecule has 0 bridgehead atoms. The Bertz CT molecular complexity index is 839. The lowest BCUT2D eigenvalue weighted by Gasteiger charge is -2.21. The van der Waals surface area contributed by atoms with Crippen LogP contribution in [0.5, 0.6) is 0 Å². The van der Waals surface area contributed by atoms with Crippen LogP contribution in [0.1, 0.15) is 26.3 Å². The Morgan fingerprint density at radius 1 is 0.905 bits per heavy atom. The molecule has 3 aromatic rings. The quantitative estimate of drug-likeness (QED) is 0.698. The highest BCUT2D eigenvalue weighted by Crippen LogP contribution is 2.29. The summed E-state index contributed by atoms with van der Waals surface area (Å²) in [6.07, 6.45) is 0. The average molecular weight is 277 g/mol. The summed E-state index contributed by atoms with van der Waals surface area (Å²) in [5.41, 5.74) is 4.04. The second kappa shape index (κ2) is 4.88. The monoisotopic (exact) mass is 277 g/mol. The van der Waals surface area contributed by atoms with Crippen LogP contribution >= 0.6 is 0 Å². The molecule has 0 aliphatic carbocycles. The zero-order chi connectivity index (χ0) is 15.0. The van der Waals surface area contributed by atoms with Gasteiger partial charge in [-0.25, -0.2) is 0 Å². The number of aromatic nitrogens is 1. The first-order valence-electron chi connectivity index (χ1n) is 7.19. The van der Waals surface area contributed by atoms with Crippen LogP contribution < -0.4 is 5.43 Å². The minimum Gasteiger partial charge on any atom is -0.354 e. The van der Waals surface area contributed by atoms with Gasteiger partial charge < -0.3 is 4.98 Å². The number of benzene rings is 2. The van der Waals surface area contributed by atoms with E-state index >= 15 is 0 Å². The van der Waals surface area contributed by atoms with Crippen molar-refractivity contribution in [3.8, 4) is 11.3 Å². The second-order valence-corrected chi connectivity index (χ2v) is 6.39. The smallest absolute Gasteiger partial charge is 0.190 e. The first-order valence-corrected chi connectivity index (χ1v) is 7.19. The van der Waals surface area contributed by atoms with E-state index in [2.05, 4.69) is 31.8 Å². The third-order valence-electron chi connectivity index (χ3n) is 3.76. The number of aromatic amines is 1. The Balaban J connectivity index is 2.35. The van der Waals surface area contributed by atoms with Crippen molar-refractivity contribution >= 4 is 10.9 Å². The molecule has 0 saturated heterocycles. The highest BCUT2D eigenvalue weighted by atomic mass is 16.1. The van der Waals surface area contributed by atoms with Crippen molar-refractivity contribution in [1.29, 1.82) is 0 Å². The zero-order valence-electron chi connectivity index (χ0n) is 12.6. The first kappa shape index (κ1) is 13.6. The van der Waals surface area contributed by atoms with Crippen LogP contribution in [-0.2, 0) is 5.41 Å². The minimum absolute atomic E-state index is 0.0161. The van der Waals surface area contributed by atoms with Gasteiger partial charge in [0.25, 0.3) is 0 Å². The highest BCUT2D eigenvalue weighted by Gasteiger charge is 2.18. The largest absolute Gasteiger partial charge is 0.354 e. The van der Waals surface area contributed by atoms with Crippen molar-refractivity contribution in [2.45, 2.75) is 26.2 Å².